The maximum atomic E-state index is 13.8. The second-order valence-corrected chi connectivity index (χ2v) is 7.57. The Bertz CT molecular complexity index is 1230. The molecule has 0 unspecified atom stereocenters. The number of carbonyl (C=O) groups excluding carboxylic acids is 1. The number of aryl methyl sites for hydroxylation is 1. The van der Waals surface area contributed by atoms with Gasteiger partial charge in [-0.15, -0.1) is 10.2 Å². The van der Waals surface area contributed by atoms with Gasteiger partial charge in [0.05, 0.1) is 17.1 Å². The minimum Gasteiger partial charge on any atom is -0.323 e. The maximum Gasteiger partial charge on any atom is 0.234 e. The Morgan fingerprint density at radius 3 is 2.71 bits per heavy atom. The van der Waals surface area contributed by atoms with Crippen LogP contribution in [-0.4, -0.2) is 31.4 Å². The molecule has 0 saturated heterocycles. The van der Waals surface area contributed by atoms with Crippen LogP contribution in [0.5, 0.6) is 0 Å². The van der Waals surface area contributed by atoms with Crippen molar-refractivity contribution in [3.63, 3.8) is 0 Å². The van der Waals surface area contributed by atoms with E-state index in [1.165, 1.54) is 0 Å². The number of halogens is 2. The highest BCUT2D eigenvalue weighted by Crippen LogP contribution is 2.29. The monoisotopic (exact) mass is 437 g/mol. The average Bonchev–Trinajstić information content (AvgIpc) is 3.19. The van der Waals surface area contributed by atoms with Gasteiger partial charge >= 0.3 is 0 Å². The van der Waals surface area contributed by atoms with E-state index in [4.69, 9.17) is 0 Å². The van der Waals surface area contributed by atoms with Crippen molar-refractivity contribution in [1.82, 2.24) is 19.7 Å². The molecule has 1 N–H and O–H groups in total. The summed E-state index contributed by atoms with van der Waals surface area (Å²) >= 11 is 1.14. The summed E-state index contributed by atoms with van der Waals surface area (Å²) in [5.74, 6) is -1.31. The number of nitrogens with one attached hydrogen (secondary N) is 1. The molecule has 0 aliphatic carbocycles. The highest BCUT2D eigenvalue weighted by atomic mass is 32.2. The van der Waals surface area contributed by atoms with Crippen molar-refractivity contribution in [2.24, 2.45) is 0 Å². The molecule has 1 amide bonds. The summed E-state index contributed by atoms with van der Waals surface area (Å²) in [5, 5.41) is 11.4. The smallest absolute Gasteiger partial charge is 0.234 e. The molecule has 0 aliphatic rings. The fourth-order valence-electron chi connectivity index (χ4n) is 2.99. The van der Waals surface area contributed by atoms with Gasteiger partial charge in [-0.05, 0) is 42.8 Å². The van der Waals surface area contributed by atoms with Gasteiger partial charge in [0, 0.05) is 24.0 Å². The molecule has 2 aromatic heterocycles. The van der Waals surface area contributed by atoms with E-state index in [1.807, 2.05) is 41.8 Å². The van der Waals surface area contributed by atoms with Crippen molar-refractivity contribution in [3.8, 4) is 17.1 Å². The molecule has 0 aliphatic heterocycles. The van der Waals surface area contributed by atoms with Crippen LogP contribution < -0.4 is 5.32 Å². The van der Waals surface area contributed by atoms with Crippen LogP contribution in [0.1, 0.15) is 5.56 Å². The number of hydrogen-bond donors (Lipinski definition) is 1. The standard InChI is InChI=1S/C22H17F2N5OS/c1-14-5-2-3-7-19(14)29-21(15-6-4-10-25-12-15)27-28-22(29)31-13-20(30)26-18-11-16(23)8-9-17(18)24/h2-12H,13H2,1H3,(H,26,30). The molecule has 2 aromatic carbocycles. The van der Waals surface area contributed by atoms with Gasteiger partial charge < -0.3 is 5.32 Å². The third kappa shape index (κ3) is 4.61. The first-order valence-corrected chi connectivity index (χ1v) is 10.3. The Morgan fingerprint density at radius 2 is 1.94 bits per heavy atom. The summed E-state index contributed by atoms with van der Waals surface area (Å²) in [5.41, 5.74) is 2.43. The number of hydrogen-bond acceptors (Lipinski definition) is 5. The van der Waals surface area contributed by atoms with Gasteiger partial charge in [0.15, 0.2) is 11.0 Å². The molecule has 6 nitrogen and oxygen atoms in total. The predicted molar refractivity (Wildman–Crippen MR) is 115 cm³/mol. The highest BCUT2D eigenvalue weighted by Gasteiger charge is 2.19. The molecule has 0 bridgehead atoms. The lowest BCUT2D eigenvalue weighted by Crippen LogP contribution is -2.15. The van der Waals surface area contributed by atoms with E-state index < -0.39 is 17.5 Å². The van der Waals surface area contributed by atoms with Crippen molar-refractivity contribution >= 4 is 23.4 Å². The van der Waals surface area contributed by atoms with Crippen LogP contribution in [0.25, 0.3) is 17.1 Å². The minimum atomic E-state index is -0.707. The fraction of sp³-hybridized carbons (Fsp3) is 0.0909. The Balaban J connectivity index is 1.61. The highest BCUT2D eigenvalue weighted by molar-refractivity contribution is 7.99. The maximum absolute atomic E-state index is 13.8. The topological polar surface area (TPSA) is 72.7 Å². The van der Waals surface area contributed by atoms with Gasteiger partial charge in [0.1, 0.15) is 11.6 Å². The molecule has 0 atom stereocenters. The zero-order valence-corrected chi connectivity index (χ0v) is 17.2. The lowest BCUT2D eigenvalue weighted by Gasteiger charge is -2.13. The van der Waals surface area contributed by atoms with E-state index in [2.05, 4.69) is 20.5 Å². The molecule has 0 radical (unpaired) electrons. The van der Waals surface area contributed by atoms with Crippen LogP contribution in [0.2, 0.25) is 0 Å². The van der Waals surface area contributed by atoms with E-state index in [9.17, 15) is 13.6 Å². The molecule has 156 valence electrons. The second-order valence-electron chi connectivity index (χ2n) is 6.63. The van der Waals surface area contributed by atoms with Gasteiger partial charge in [0.25, 0.3) is 0 Å². The summed E-state index contributed by atoms with van der Waals surface area (Å²) in [4.78, 5) is 16.5. The van der Waals surface area contributed by atoms with Crippen LogP contribution in [-0.2, 0) is 4.79 Å². The van der Waals surface area contributed by atoms with Crippen LogP contribution in [0, 0.1) is 18.6 Å². The van der Waals surface area contributed by atoms with Crippen LogP contribution in [0.15, 0.2) is 72.1 Å². The zero-order valence-electron chi connectivity index (χ0n) is 16.4. The van der Waals surface area contributed by atoms with E-state index in [1.54, 1.807) is 18.5 Å². The summed E-state index contributed by atoms with van der Waals surface area (Å²) < 4.78 is 29.0. The normalized spacial score (nSPS) is 10.8. The Kier molecular flexibility index (Phi) is 6.03. The number of anilines is 1. The molecule has 0 spiro atoms. The molecule has 0 fully saturated rings. The van der Waals surface area contributed by atoms with Gasteiger partial charge in [0.2, 0.25) is 5.91 Å². The van der Waals surface area contributed by atoms with Crippen LogP contribution in [0.3, 0.4) is 0 Å². The first-order chi connectivity index (χ1) is 15.0. The van der Waals surface area contributed by atoms with Gasteiger partial charge in [-0.3, -0.25) is 14.3 Å². The van der Waals surface area contributed by atoms with Crippen LogP contribution in [0.4, 0.5) is 14.5 Å². The molecular formula is C22H17F2N5OS. The molecule has 9 heteroatoms. The molecule has 0 saturated carbocycles. The SMILES string of the molecule is Cc1ccccc1-n1c(SCC(=O)Nc2cc(F)ccc2F)nnc1-c1cccnc1. The number of thioether (sulfide) groups is 1. The zero-order chi connectivity index (χ0) is 21.8. The summed E-state index contributed by atoms with van der Waals surface area (Å²) in [6.07, 6.45) is 3.36. The molecule has 31 heavy (non-hydrogen) atoms. The Labute approximate surface area is 181 Å². The van der Waals surface area contributed by atoms with E-state index in [0.717, 1.165) is 46.8 Å². The van der Waals surface area contributed by atoms with E-state index in [-0.39, 0.29) is 11.4 Å². The minimum absolute atomic E-state index is 0.0625. The summed E-state index contributed by atoms with van der Waals surface area (Å²) in [6, 6.07) is 14.3. The number of amides is 1. The molecule has 4 rings (SSSR count). The quantitative estimate of drug-likeness (QED) is 0.445. The third-order valence-corrected chi connectivity index (χ3v) is 5.37. The van der Waals surface area contributed by atoms with E-state index >= 15 is 0 Å². The molecule has 2 heterocycles. The molecular weight excluding hydrogens is 420 g/mol. The van der Waals surface area contributed by atoms with Crippen molar-refractivity contribution in [1.29, 1.82) is 0 Å². The van der Waals surface area contributed by atoms with Gasteiger partial charge in [-0.25, -0.2) is 8.78 Å². The lowest BCUT2D eigenvalue weighted by atomic mass is 10.2. The number of para-hydroxylation sites is 1. The summed E-state index contributed by atoms with van der Waals surface area (Å²) in [6.45, 7) is 1.97. The third-order valence-electron chi connectivity index (χ3n) is 4.44. The van der Waals surface area contributed by atoms with Gasteiger partial charge in [-0.1, -0.05) is 30.0 Å². The Hall–Kier alpha value is -3.59. The van der Waals surface area contributed by atoms with Crippen molar-refractivity contribution in [2.75, 3.05) is 11.1 Å². The number of rotatable bonds is 6. The number of pyridine rings is 1. The van der Waals surface area contributed by atoms with E-state index in [0.29, 0.717) is 11.0 Å². The first-order valence-electron chi connectivity index (χ1n) is 9.32. The predicted octanol–water partition coefficient (Wildman–Crippen LogP) is 4.65. The molecule has 4 aromatic rings. The van der Waals surface area contributed by atoms with Crippen molar-refractivity contribution in [2.45, 2.75) is 12.1 Å². The largest absolute Gasteiger partial charge is 0.323 e. The second kappa shape index (κ2) is 9.05. The van der Waals surface area contributed by atoms with Crippen LogP contribution >= 0.6 is 11.8 Å². The number of aromatic nitrogens is 4. The fourth-order valence-corrected chi connectivity index (χ4v) is 3.73. The number of nitrogens with zero attached hydrogens (tertiary/aromatic N) is 4. The average molecular weight is 437 g/mol. The van der Waals surface area contributed by atoms with Gasteiger partial charge in [-0.2, -0.15) is 0 Å². The Morgan fingerprint density at radius 1 is 1.10 bits per heavy atom. The van der Waals surface area contributed by atoms with Crippen molar-refractivity contribution in [3.05, 3.63) is 84.2 Å². The lowest BCUT2D eigenvalue weighted by molar-refractivity contribution is -0.113. The number of carbonyl (C=O) groups is 1. The number of benzene rings is 2. The van der Waals surface area contributed by atoms with Crippen molar-refractivity contribution < 1.29 is 13.6 Å². The first kappa shape index (κ1) is 20.7. The summed E-state index contributed by atoms with van der Waals surface area (Å²) in [7, 11) is 0.